The van der Waals surface area contributed by atoms with Gasteiger partial charge in [-0.05, 0) is 31.9 Å². The number of halogens is 1. The molecule has 0 aromatic carbocycles. The van der Waals surface area contributed by atoms with Gasteiger partial charge in [0.05, 0.1) is 6.61 Å². The monoisotopic (exact) mass is 284 g/mol. The number of carbonyl (C=O) groups is 1. The summed E-state index contributed by atoms with van der Waals surface area (Å²) < 4.78 is 4.98. The summed E-state index contributed by atoms with van der Waals surface area (Å²) in [6.45, 7) is 3.61. The Morgan fingerprint density at radius 3 is 2.79 bits per heavy atom. The second-order valence-corrected chi connectivity index (χ2v) is 4.73. The molecule has 1 saturated heterocycles. The number of nitrogens with zero attached hydrogens (tertiary/aromatic N) is 3. The van der Waals surface area contributed by atoms with Gasteiger partial charge in [0, 0.05) is 19.1 Å². The first-order valence-electron chi connectivity index (χ1n) is 6.36. The first kappa shape index (κ1) is 13.9. The number of rotatable bonds is 3. The van der Waals surface area contributed by atoms with Gasteiger partial charge < -0.3 is 15.0 Å². The van der Waals surface area contributed by atoms with Crippen LogP contribution in [0.4, 0.5) is 10.6 Å². The van der Waals surface area contributed by atoms with Gasteiger partial charge in [-0.2, -0.15) is 0 Å². The van der Waals surface area contributed by atoms with E-state index in [1.807, 2.05) is 6.92 Å². The summed E-state index contributed by atoms with van der Waals surface area (Å²) in [6.07, 6.45) is 1.50. The van der Waals surface area contributed by atoms with E-state index in [2.05, 4.69) is 15.5 Å². The lowest BCUT2D eigenvalue weighted by Gasteiger charge is -2.31. The van der Waals surface area contributed by atoms with E-state index in [-0.39, 0.29) is 6.09 Å². The molecule has 7 heteroatoms. The van der Waals surface area contributed by atoms with E-state index in [4.69, 9.17) is 16.3 Å². The summed E-state index contributed by atoms with van der Waals surface area (Å²) in [5.74, 6) is 0.707. The first-order valence-corrected chi connectivity index (χ1v) is 6.74. The van der Waals surface area contributed by atoms with Crippen molar-refractivity contribution in [1.82, 2.24) is 15.1 Å². The van der Waals surface area contributed by atoms with Gasteiger partial charge in [0.25, 0.3) is 0 Å². The van der Waals surface area contributed by atoms with E-state index in [9.17, 15) is 4.79 Å². The Labute approximate surface area is 117 Å². The lowest BCUT2D eigenvalue weighted by Crippen LogP contribution is -2.42. The van der Waals surface area contributed by atoms with Crippen molar-refractivity contribution in [2.24, 2.45) is 0 Å². The Morgan fingerprint density at radius 2 is 2.21 bits per heavy atom. The third kappa shape index (κ3) is 3.96. The second kappa shape index (κ2) is 6.56. The van der Waals surface area contributed by atoms with Crippen molar-refractivity contribution >= 4 is 23.5 Å². The van der Waals surface area contributed by atoms with Crippen LogP contribution in [0, 0.1) is 0 Å². The summed E-state index contributed by atoms with van der Waals surface area (Å²) in [6, 6.07) is 3.79. The molecule has 2 heterocycles. The predicted molar refractivity (Wildman–Crippen MR) is 72.3 cm³/mol. The maximum Gasteiger partial charge on any atom is 0.409 e. The normalized spacial score (nSPS) is 16.2. The highest BCUT2D eigenvalue weighted by Gasteiger charge is 2.23. The number of hydrogen-bond acceptors (Lipinski definition) is 5. The molecule has 0 saturated carbocycles. The fourth-order valence-electron chi connectivity index (χ4n) is 2.02. The number of piperidine rings is 1. The fraction of sp³-hybridized carbons (Fsp3) is 0.583. The maximum absolute atomic E-state index is 11.5. The molecule has 19 heavy (non-hydrogen) atoms. The minimum absolute atomic E-state index is 0.229. The van der Waals surface area contributed by atoms with E-state index in [1.165, 1.54) is 0 Å². The number of anilines is 1. The van der Waals surface area contributed by atoms with Crippen LogP contribution in [0.15, 0.2) is 12.1 Å². The van der Waals surface area contributed by atoms with Gasteiger partial charge in [0.15, 0.2) is 5.15 Å². The highest BCUT2D eigenvalue weighted by molar-refractivity contribution is 6.29. The Morgan fingerprint density at radius 1 is 1.47 bits per heavy atom. The van der Waals surface area contributed by atoms with E-state index in [1.54, 1.807) is 17.0 Å². The van der Waals surface area contributed by atoms with Crippen LogP contribution in [0.5, 0.6) is 0 Å². The van der Waals surface area contributed by atoms with Crippen molar-refractivity contribution in [3.8, 4) is 0 Å². The van der Waals surface area contributed by atoms with Crippen LogP contribution in [0.25, 0.3) is 0 Å². The molecule has 1 aromatic rings. The summed E-state index contributed by atoms with van der Waals surface area (Å²) in [7, 11) is 0. The smallest absolute Gasteiger partial charge is 0.409 e. The highest BCUT2D eigenvalue weighted by atomic mass is 35.5. The zero-order valence-corrected chi connectivity index (χ0v) is 11.6. The molecule has 6 nitrogen and oxygen atoms in total. The molecule has 1 aliphatic heterocycles. The zero-order chi connectivity index (χ0) is 13.7. The van der Waals surface area contributed by atoms with Gasteiger partial charge in [-0.1, -0.05) is 11.6 Å². The van der Waals surface area contributed by atoms with Gasteiger partial charge >= 0.3 is 6.09 Å². The first-order chi connectivity index (χ1) is 9.19. The molecule has 0 unspecified atom stereocenters. The third-order valence-electron chi connectivity index (χ3n) is 3.00. The van der Waals surface area contributed by atoms with Crippen molar-refractivity contribution in [3.05, 3.63) is 17.3 Å². The van der Waals surface area contributed by atoms with Gasteiger partial charge in [-0.15, -0.1) is 10.2 Å². The zero-order valence-electron chi connectivity index (χ0n) is 10.8. The average Bonchev–Trinajstić information content (AvgIpc) is 2.42. The van der Waals surface area contributed by atoms with E-state index in [0.717, 1.165) is 12.8 Å². The van der Waals surface area contributed by atoms with Crippen LogP contribution >= 0.6 is 11.6 Å². The van der Waals surface area contributed by atoms with Crippen LogP contribution in [0.1, 0.15) is 19.8 Å². The number of ether oxygens (including phenoxy) is 1. The number of carbonyl (C=O) groups excluding carboxylic acids is 1. The highest BCUT2D eigenvalue weighted by Crippen LogP contribution is 2.16. The third-order valence-corrected chi connectivity index (χ3v) is 3.21. The number of aromatic nitrogens is 2. The molecule has 0 atom stereocenters. The van der Waals surface area contributed by atoms with Crippen LogP contribution in [-0.2, 0) is 4.74 Å². The minimum Gasteiger partial charge on any atom is -0.450 e. The van der Waals surface area contributed by atoms with Crippen molar-refractivity contribution in [2.75, 3.05) is 25.0 Å². The van der Waals surface area contributed by atoms with Crippen LogP contribution in [0.3, 0.4) is 0 Å². The average molecular weight is 285 g/mol. The van der Waals surface area contributed by atoms with Crippen molar-refractivity contribution in [2.45, 2.75) is 25.8 Å². The van der Waals surface area contributed by atoms with Crippen molar-refractivity contribution in [3.63, 3.8) is 0 Å². The molecule has 0 aliphatic carbocycles. The number of amides is 1. The van der Waals surface area contributed by atoms with E-state index in [0.29, 0.717) is 36.7 Å². The molecule has 1 N–H and O–H groups in total. The molecule has 0 spiro atoms. The molecule has 1 aromatic heterocycles. The topological polar surface area (TPSA) is 67.3 Å². The summed E-state index contributed by atoms with van der Waals surface area (Å²) in [5.41, 5.74) is 0. The number of likely N-dealkylation sites (tertiary alicyclic amines) is 1. The SMILES string of the molecule is CCOC(=O)N1CCC(Nc2ccc(Cl)nn2)CC1. The Bertz CT molecular complexity index is 418. The van der Waals surface area contributed by atoms with Crippen molar-refractivity contribution in [1.29, 1.82) is 0 Å². The number of hydrogen-bond donors (Lipinski definition) is 1. The molecule has 104 valence electrons. The predicted octanol–water partition coefficient (Wildman–Crippen LogP) is 2.16. The molecule has 0 radical (unpaired) electrons. The Hall–Kier alpha value is -1.56. The second-order valence-electron chi connectivity index (χ2n) is 4.35. The van der Waals surface area contributed by atoms with E-state index >= 15 is 0 Å². The molecular weight excluding hydrogens is 268 g/mol. The van der Waals surface area contributed by atoms with Gasteiger partial charge in [-0.25, -0.2) is 4.79 Å². The van der Waals surface area contributed by atoms with Gasteiger partial charge in [0.2, 0.25) is 0 Å². The van der Waals surface area contributed by atoms with Crippen molar-refractivity contribution < 1.29 is 9.53 Å². The maximum atomic E-state index is 11.5. The van der Waals surface area contributed by atoms with E-state index < -0.39 is 0 Å². The lowest BCUT2D eigenvalue weighted by atomic mass is 10.1. The van der Waals surface area contributed by atoms with Crippen LogP contribution in [-0.4, -0.2) is 46.9 Å². The molecule has 1 aliphatic rings. The largest absolute Gasteiger partial charge is 0.450 e. The van der Waals surface area contributed by atoms with Crippen LogP contribution in [0.2, 0.25) is 5.15 Å². The Kier molecular flexibility index (Phi) is 4.79. The fourth-order valence-corrected chi connectivity index (χ4v) is 2.12. The minimum atomic E-state index is -0.229. The summed E-state index contributed by atoms with van der Waals surface area (Å²) >= 11 is 5.68. The molecular formula is C12H17ClN4O2. The Balaban J connectivity index is 1.80. The molecule has 1 fully saturated rings. The quantitative estimate of drug-likeness (QED) is 0.921. The number of nitrogens with one attached hydrogen (secondary N) is 1. The molecule has 0 bridgehead atoms. The molecule has 2 rings (SSSR count). The van der Waals surface area contributed by atoms with Crippen LogP contribution < -0.4 is 5.32 Å². The standard InChI is InChI=1S/C12H17ClN4O2/c1-2-19-12(18)17-7-5-9(6-8-17)14-11-4-3-10(13)15-16-11/h3-4,9H,2,5-8H2,1H3,(H,14,16). The lowest BCUT2D eigenvalue weighted by molar-refractivity contribution is 0.0983. The van der Waals surface area contributed by atoms with Gasteiger partial charge in [-0.3, -0.25) is 0 Å². The van der Waals surface area contributed by atoms with Gasteiger partial charge in [0.1, 0.15) is 5.82 Å². The summed E-state index contributed by atoms with van der Waals surface area (Å²) in [5, 5.41) is 11.4. The summed E-state index contributed by atoms with van der Waals surface area (Å²) in [4.78, 5) is 13.3. The molecule has 1 amide bonds.